The Hall–Kier alpha value is -4.20. The number of piperidine rings is 1. The number of nitrogens with two attached hydrogens (primary N) is 1. The third-order valence-corrected chi connectivity index (χ3v) is 5.54. The summed E-state index contributed by atoms with van der Waals surface area (Å²) in [6.45, 7) is 1.03. The first-order valence-electron chi connectivity index (χ1n) is 10.7. The molecule has 8 heteroatoms. The SMILES string of the molecule is NC(=O)c1ccc(Oc2ccc(C(=O)N3CCC(C(=O)Nc4ccccn4)CC3)cc2)cc1. The fourth-order valence-corrected chi connectivity index (χ4v) is 3.68. The predicted octanol–water partition coefficient (Wildman–Crippen LogP) is 3.46. The maximum Gasteiger partial charge on any atom is 0.253 e. The van der Waals surface area contributed by atoms with Crippen LogP contribution in [0.3, 0.4) is 0 Å². The Morgan fingerprint density at radius 3 is 2.03 bits per heavy atom. The van der Waals surface area contributed by atoms with Gasteiger partial charge in [-0.25, -0.2) is 4.98 Å². The van der Waals surface area contributed by atoms with Gasteiger partial charge >= 0.3 is 0 Å². The number of pyridine rings is 1. The van der Waals surface area contributed by atoms with Crippen LogP contribution in [-0.4, -0.2) is 40.7 Å². The molecule has 1 aromatic heterocycles. The number of nitrogens with one attached hydrogen (secondary N) is 1. The van der Waals surface area contributed by atoms with Crippen LogP contribution in [0.5, 0.6) is 11.5 Å². The highest BCUT2D eigenvalue weighted by Gasteiger charge is 2.28. The first-order chi connectivity index (χ1) is 16.0. The van der Waals surface area contributed by atoms with Crippen LogP contribution in [0, 0.1) is 5.92 Å². The smallest absolute Gasteiger partial charge is 0.253 e. The minimum absolute atomic E-state index is 0.0637. The van der Waals surface area contributed by atoms with Crippen molar-refractivity contribution in [3.63, 3.8) is 0 Å². The summed E-state index contributed by atoms with van der Waals surface area (Å²) in [5.74, 6) is 0.887. The minimum Gasteiger partial charge on any atom is -0.457 e. The van der Waals surface area contributed by atoms with Crippen molar-refractivity contribution in [2.24, 2.45) is 11.7 Å². The number of ether oxygens (including phenoxy) is 1. The van der Waals surface area contributed by atoms with Gasteiger partial charge in [-0.2, -0.15) is 0 Å². The van der Waals surface area contributed by atoms with Gasteiger partial charge in [-0.15, -0.1) is 0 Å². The Bertz CT molecular complexity index is 1120. The lowest BCUT2D eigenvalue weighted by atomic mass is 9.95. The summed E-state index contributed by atoms with van der Waals surface area (Å²) in [5.41, 5.74) is 6.20. The predicted molar refractivity (Wildman–Crippen MR) is 123 cm³/mol. The molecule has 3 N–H and O–H groups in total. The Morgan fingerprint density at radius 2 is 1.48 bits per heavy atom. The van der Waals surface area contributed by atoms with Crippen molar-refractivity contribution in [2.45, 2.75) is 12.8 Å². The minimum atomic E-state index is -0.498. The van der Waals surface area contributed by atoms with E-state index >= 15 is 0 Å². The summed E-state index contributed by atoms with van der Waals surface area (Å²) in [7, 11) is 0. The molecule has 1 fully saturated rings. The van der Waals surface area contributed by atoms with Crippen molar-refractivity contribution in [1.82, 2.24) is 9.88 Å². The highest BCUT2D eigenvalue weighted by atomic mass is 16.5. The molecule has 3 amide bonds. The average molecular weight is 444 g/mol. The summed E-state index contributed by atoms with van der Waals surface area (Å²) in [5, 5.41) is 2.83. The fourth-order valence-electron chi connectivity index (χ4n) is 3.68. The Labute approximate surface area is 191 Å². The Balaban J connectivity index is 1.29. The van der Waals surface area contributed by atoms with Crippen LogP contribution in [0.1, 0.15) is 33.6 Å². The van der Waals surface area contributed by atoms with Crippen molar-refractivity contribution in [2.75, 3.05) is 18.4 Å². The van der Waals surface area contributed by atoms with Crippen LogP contribution in [-0.2, 0) is 4.79 Å². The summed E-state index contributed by atoms with van der Waals surface area (Å²) in [6, 6.07) is 18.8. The van der Waals surface area contributed by atoms with Gasteiger partial charge in [0.25, 0.3) is 5.91 Å². The number of nitrogens with zero attached hydrogens (tertiary/aromatic N) is 2. The standard InChI is InChI=1S/C25H24N4O4/c26-23(30)17-4-8-20(9-5-17)33-21-10-6-19(7-11-21)25(32)29-15-12-18(13-16-29)24(31)28-22-3-1-2-14-27-22/h1-11,14,18H,12-13,15-16H2,(H2,26,30)(H,27,28,31). The fraction of sp³-hybridized carbons (Fsp3) is 0.200. The number of hydrogen-bond acceptors (Lipinski definition) is 5. The Kier molecular flexibility index (Phi) is 6.64. The van der Waals surface area contributed by atoms with Crippen molar-refractivity contribution in [3.05, 3.63) is 84.1 Å². The van der Waals surface area contributed by atoms with Crippen LogP contribution < -0.4 is 15.8 Å². The van der Waals surface area contributed by atoms with Gasteiger partial charge in [-0.1, -0.05) is 6.07 Å². The second kappa shape index (κ2) is 9.95. The highest BCUT2D eigenvalue weighted by Crippen LogP contribution is 2.24. The van der Waals surface area contributed by atoms with E-state index in [1.807, 2.05) is 6.07 Å². The van der Waals surface area contributed by atoms with Crippen molar-refractivity contribution in [3.8, 4) is 11.5 Å². The molecular formula is C25H24N4O4. The first kappa shape index (κ1) is 22.0. The molecule has 3 aromatic rings. The number of aromatic nitrogens is 1. The molecular weight excluding hydrogens is 420 g/mol. The lowest BCUT2D eigenvalue weighted by molar-refractivity contribution is -0.121. The van der Waals surface area contributed by atoms with E-state index in [-0.39, 0.29) is 17.7 Å². The molecule has 0 spiro atoms. The van der Waals surface area contributed by atoms with Gasteiger partial charge in [-0.05, 0) is 73.5 Å². The Morgan fingerprint density at radius 1 is 0.879 bits per heavy atom. The van der Waals surface area contributed by atoms with Crippen molar-refractivity contribution in [1.29, 1.82) is 0 Å². The number of anilines is 1. The number of likely N-dealkylation sites (tertiary alicyclic amines) is 1. The van der Waals surface area contributed by atoms with Gasteiger partial charge in [0.15, 0.2) is 0 Å². The normalized spacial score (nSPS) is 13.9. The zero-order valence-corrected chi connectivity index (χ0v) is 17.9. The summed E-state index contributed by atoms with van der Waals surface area (Å²) in [6.07, 6.45) is 2.84. The van der Waals surface area contributed by atoms with E-state index in [2.05, 4.69) is 10.3 Å². The molecule has 8 nitrogen and oxygen atoms in total. The zero-order valence-electron chi connectivity index (χ0n) is 17.9. The first-order valence-corrected chi connectivity index (χ1v) is 10.7. The molecule has 0 atom stereocenters. The van der Waals surface area contributed by atoms with Gasteiger partial charge in [0.2, 0.25) is 11.8 Å². The van der Waals surface area contributed by atoms with E-state index in [9.17, 15) is 14.4 Å². The molecule has 1 saturated heterocycles. The van der Waals surface area contributed by atoms with E-state index < -0.39 is 5.91 Å². The monoisotopic (exact) mass is 444 g/mol. The summed E-state index contributed by atoms with van der Waals surface area (Å²) in [4.78, 5) is 42.4. The van der Waals surface area contributed by atoms with Crippen LogP contribution in [0.2, 0.25) is 0 Å². The van der Waals surface area contributed by atoms with E-state index in [0.717, 1.165) is 0 Å². The molecule has 1 aliphatic rings. The topological polar surface area (TPSA) is 115 Å². The molecule has 168 valence electrons. The second-order valence-electron chi connectivity index (χ2n) is 7.79. The molecule has 2 heterocycles. The third kappa shape index (κ3) is 5.54. The van der Waals surface area contributed by atoms with E-state index in [1.165, 1.54) is 0 Å². The van der Waals surface area contributed by atoms with Gasteiger partial charge in [-0.3, -0.25) is 14.4 Å². The molecule has 0 aliphatic carbocycles. The third-order valence-electron chi connectivity index (χ3n) is 5.54. The number of carbonyl (C=O) groups excluding carboxylic acids is 3. The van der Waals surface area contributed by atoms with Crippen molar-refractivity contribution < 1.29 is 19.1 Å². The number of rotatable bonds is 6. The van der Waals surface area contributed by atoms with Gasteiger partial charge in [0.1, 0.15) is 17.3 Å². The van der Waals surface area contributed by atoms with Gasteiger partial charge < -0.3 is 20.7 Å². The highest BCUT2D eigenvalue weighted by molar-refractivity contribution is 5.95. The van der Waals surface area contributed by atoms with Gasteiger partial charge in [0, 0.05) is 36.3 Å². The van der Waals surface area contributed by atoms with E-state index in [1.54, 1.807) is 71.8 Å². The molecule has 4 rings (SSSR count). The quantitative estimate of drug-likeness (QED) is 0.604. The maximum atomic E-state index is 12.9. The van der Waals surface area contributed by atoms with Crippen LogP contribution in [0.15, 0.2) is 72.9 Å². The largest absolute Gasteiger partial charge is 0.457 e. The molecule has 0 bridgehead atoms. The van der Waals surface area contributed by atoms with Crippen LogP contribution >= 0.6 is 0 Å². The lowest BCUT2D eigenvalue weighted by Gasteiger charge is -2.31. The molecule has 0 unspecified atom stereocenters. The summed E-state index contributed by atoms with van der Waals surface area (Å²) < 4.78 is 5.76. The number of amides is 3. The summed E-state index contributed by atoms with van der Waals surface area (Å²) >= 11 is 0. The van der Waals surface area contributed by atoms with Crippen molar-refractivity contribution >= 4 is 23.5 Å². The van der Waals surface area contributed by atoms with E-state index in [4.69, 9.17) is 10.5 Å². The van der Waals surface area contributed by atoms with E-state index in [0.29, 0.717) is 54.4 Å². The lowest BCUT2D eigenvalue weighted by Crippen LogP contribution is -2.41. The molecule has 0 saturated carbocycles. The second-order valence-corrected chi connectivity index (χ2v) is 7.79. The van der Waals surface area contributed by atoms with Crippen LogP contribution in [0.4, 0.5) is 5.82 Å². The van der Waals surface area contributed by atoms with Crippen LogP contribution in [0.25, 0.3) is 0 Å². The number of carbonyl (C=O) groups is 3. The molecule has 0 radical (unpaired) electrons. The molecule has 2 aromatic carbocycles. The number of hydrogen-bond donors (Lipinski definition) is 2. The number of primary amides is 1. The zero-order chi connectivity index (χ0) is 23.2. The van der Waals surface area contributed by atoms with Gasteiger partial charge in [0.05, 0.1) is 0 Å². The average Bonchev–Trinajstić information content (AvgIpc) is 2.85. The number of benzene rings is 2. The molecule has 33 heavy (non-hydrogen) atoms. The maximum absolute atomic E-state index is 12.9. The molecule has 1 aliphatic heterocycles.